The molecule has 1 fully saturated rings. The zero-order chi connectivity index (χ0) is 13.0. The second-order valence-electron chi connectivity index (χ2n) is 4.58. The van der Waals surface area contributed by atoms with E-state index in [1.165, 1.54) is 12.1 Å². The number of rotatable bonds is 3. The largest absolute Gasteiger partial charge is 0.325 e. The maximum atomic E-state index is 12.7. The third-order valence-corrected chi connectivity index (χ3v) is 3.11. The summed E-state index contributed by atoms with van der Waals surface area (Å²) >= 11 is 0. The molecule has 1 saturated heterocycles. The average molecular weight is 251 g/mol. The SMILES string of the molecule is C[C@@H]1CNCCN1CC(=O)Nc1ccc(F)cc1. The molecule has 4 nitrogen and oxygen atoms in total. The first-order chi connectivity index (χ1) is 8.65. The van der Waals surface area contributed by atoms with Crippen LogP contribution in [0.4, 0.5) is 10.1 Å². The van der Waals surface area contributed by atoms with Crippen LogP contribution in [0.25, 0.3) is 0 Å². The van der Waals surface area contributed by atoms with Crippen molar-refractivity contribution < 1.29 is 9.18 Å². The van der Waals surface area contributed by atoms with Crippen molar-refractivity contribution in [2.24, 2.45) is 0 Å². The molecule has 0 radical (unpaired) electrons. The van der Waals surface area contributed by atoms with Gasteiger partial charge in [0.25, 0.3) is 0 Å². The van der Waals surface area contributed by atoms with Crippen LogP contribution in [-0.2, 0) is 4.79 Å². The Morgan fingerprint density at radius 1 is 1.50 bits per heavy atom. The molecule has 1 aromatic rings. The molecule has 0 aromatic heterocycles. The lowest BCUT2D eigenvalue weighted by Crippen LogP contribution is -2.51. The van der Waals surface area contributed by atoms with Crippen LogP contribution in [0.15, 0.2) is 24.3 Å². The Hall–Kier alpha value is -1.46. The van der Waals surface area contributed by atoms with Crippen LogP contribution in [0.5, 0.6) is 0 Å². The molecule has 0 unspecified atom stereocenters. The van der Waals surface area contributed by atoms with Crippen LogP contribution in [0.2, 0.25) is 0 Å². The Kier molecular flexibility index (Phi) is 4.28. The fraction of sp³-hybridized carbons (Fsp3) is 0.462. The summed E-state index contributed by atoms with van der Waals surface area (Å²) in [7, 11) is 0. The van der Waals surface area contributed by atoms with Gasteiger partial charge in [-0.3, -0.25) is 9.69 Å². The van der Waals surface area contributed by atoms with Crippen molar-refractivity contribution in [2.75, 3.05) is 31.5 Å². The fourth-order valence-corrected chi connectivity index (χ4v) is 2.04. The number of nitrogens with one attached hydrogen (secondary N) is 2. The topological polar surface area (TPSA) is 44.4 Å². The average Bonchev–Trinajstić information content (AvgIpc) is 2.35. The van der Waals surface area contributed by atoms with Gasteiger partial charge in [-0.25, -0.2) is 4.39 Å². The second kappa shape index (κ2) is 5.93. The predicted molar refractivity (Wildman–Crippen MR) is 68.9 cm³/mol. The summed E-state index contributed by atoms with van der Waals surface area (Å²) in [6.07, 6.45) is 0. The molecule has 1 aliphatic rings. The Labute approximate surface area is 106 Å². The molecule has 0 spiro atoms. The Morgan fingerprint density at radius 3 is 2.89 bits per heavy atom. The van der Waals surface area contributed by atoms with Gasteiger partial charge >= 0.3 is 0 Å². The normalized spacial score (nSPS) is 20.7. The highest BCUT2D eigenvalue weighted by atomic mass is 19.1. The number of halogens is 1. The number of amides is 1. The van der Waals surface area contributed by atoms with E-state index in [1.807, 2.05) is 0 Å². The third kappa shape index (κ3) is 3.51. The number of piperazine rings is 1. The first-order valence-electron chi connectivity index (χ1n) is 6.15. The predicted octanol–water partition coefficient (Wildman–Crippen LogP) is 1.06. The lowest BCUT2D eigenvalue weighted by Gasteiger charge is -2.33. The summed E-state index contributed by atoms with van der Waals surface area (Å²) in [5, 5.41) is 6.05. The van der Waals surface area contributed by atoms with E-state index in [2.05, 4.69) is 22.5 Å². The second-order valence-corrected chi connectivity index (χ2v) is 4.58. The smallest absolute Gasteiger partial charge is 0.238 e. The lowest BCUT2D eigenvalue weighted by molar-refractivity contribution is -0.118. The number of anilines is 1. The summed E-state index contributed by atoms with van der Waals surface area (Å²) in [5.41, 5.74) is 0.629. The molecule has 1 heterocycles. The zero-order valence-electron chi connectivity index (χ0n) is 10.4. The lowest BCUT2D eigenvalue weighted by atomic mass is 10.2. The summed E-state index contributed by atoms with van der Waals surface area (Å²) in [6.45, 7) is 5.16. The highest BCUT2D eigenvalue weighted by molar-refractivity contribution is 5.92. The first kappa shape index (κ1) is 13.0. The number of hydrogen-bond acceptors (Lipinski definition) is 3. The Bertz CT molecular complexity index is 407. The molecule has 1 atom stereocenters. The molecule has 0 saturated carbocycles. The summed E-state index contributed by atoms with van der Waals surface area (Å²) in [6, 6.07) is 6.16. The molecule has 2 rings (SSSR count). The molecule has 0 bridgehead atoms. The molecule has 2 N–H and O–H groups in total. The highest BCUT2D eigenvalue weighted by Crippen LogP contribution is 2.09. The van der Waals surface area contributed by atoms with Crippen LogP contribution in [0.1, 0.15) is 6.92 Å². The van der Waals surface area contributed by atoms with E-state index in [9.17, 15) is 9.18 Å². The van der Waals surface area contributed by atoms with Crippen molar-refractivity contribution in [2.45, 2.75) is 13.0 Å². The number of benzene rings is 1. The molecular formula is C13H18FN3O. The van der Waals surface area contributed by atoms with Crippen molar-refractivity contribution in [1.82, 2.24) is 10.2 Å². The molecular weight excluding hydrogens is 233 g/mol. The van der Waals surface area contributed by atoms with Crippen LogP contribution < -0.4 is 10.6 Å². The van der Waals surface area contributed by atoms with E-state index in [1.54, 1.807) is 12.1 Å². The van der Waals surface area contributed by atoms with E-state index in [0.717, 1.165) is 19.6 Å². The van der Waals surface area contributed by atoms with Gasteiger partial charge in [-0.05, 0) is 31.2 Å². The first-order valence-corrected chi connectivity index (χ1v) is 6.15. The Balaban J connectivity index is 1.86. The van der Waals surface area contributed by atoms with E-state index >= 15 is 0 Å². The standard InChI is InChI=1S/C13H18FN3O/c1-10-8-15-6-7-17(10)9-13(18)16-12-4-2-11(14)3-5-12/h2-5,10,15H,6-9H2,1H3,(H,16,18)/t10-/m1/s1. The highest BCUT2D eigenvalue weighted by Gasteiger charge is 2.20. The van der Waals surface area contributed by atoms with Crippen molar-refractivity contribution >= 4 is 11.6 Å². The van der Waals surface area contributed by atoms with Crippen LogP contribution in [0, 0.1) is 5.82 Å². The van der Waals surface area contributed by atoms with Gasteiger partial charge in [0.15, 0.2) is 0 Å². The number of nitrogens with zero attached hydrogens (tertiary/aromatic N) is 1. The van der Waals surface area contributed by atoms with Crippen molar-refractivity contribution in [3.8, 4) is 0 Å². The van der Waals surface area contributed by atoms with Gasteiger partial charge in [0, 0.05) is 31.4 Å². The molecule has 1 amide bonds. The summed E-state index contributed by atoms with van der Waals surface area (Å²) in [5.74, 6) is -0.362. The van der Waals surface area contributed by atoms with Gasteiger partial charge in [-0.15, -0.1) is 0 Å². The zero-order valence-corrected chi connectivity index (χ0v) is 10.4. The Morgan fingerprint density at radius 2 is 2.22 bits per heavy atom. The minimum atomic E-state index is -0.302. The van der Waals surface area contributed by atoms with Crippen molar-refractivity contribution in [3.05, 3.63) is 30.1 Å². The number of hydrogen-bond donors (Lipinski definition) is 2. The molecule has 1 aromatic carbocycles. The van der Waals surface area contributed by atoms with Gasteiger partial charge in [-0.2, -0.15) is 0 Å². The van der Waals surface area contributed by atoms with Crippen molar-refractivity contribution in [1.29, 1.82) is 0 Å². The minimum Gasteiger partial charge on any atom is -0.325 e. The van der Waals surface area contributed by atoms with E-state index < -0.39 is 0 Å². The van der Waals surface area contributed by atoms with Gasteiger partial charge in [-0.1, -0.05) is 0 Å². The maximum Gasteiger partial charge on any atom is 0.238 e. The summed E-state index contributed by atoms with van der Waals surface area (Å²) < 4.78 is 12.7. The van der Waals surface area contributed by atoms with Gasteiger partial charge < -0.3 is 10.6 Å². The molecule has 18 heavy (non-hydrogen) atoms. The molecule has 5 heteroatoms. The van der Waals surface area contributed by atoms with E-state index in [4.69, 9.17) is 0 Å². The van der Waals surface area contributed by atoms with Crippen LogP contribution in [0.3, 0.4) is 0 Å². The molecule has 1 aliphatic heterocycles. The number of carbonyl (C=O) groups excluding carboxylic acids is 1. The monoisotopic (exact) mass is 251 g/mol. The fourth-order valence-electron chi connectivity index (χ4n) is 2.04. The summed E-state index contributed by atoms with van der Waals surface area (Å²) in [4.78, 5) is 14.0. The van der Waals surface area contributed by atoms with E-state index in [0.29, 0.717) is 18.3 Å². The molecule has 98 valence electrons. The quantitative estimate of drug-likeness (QED) is 0.844. The van der Waals surface area contributed by atoms with Gasteiger partial charge in [0.1, 0.15) is 5.82 Å². The minimum absolute atomic E-state index is 0.0599. The molecule has 0 aliphatic carbocycles. The maximum absolute atomic E-state index is 12.7. The van der Waals surface area contributed by atoms with Crippen LogP contribution in [-0.4, -0.2) is 43.0 Å². The third-order valence-electron chi connectivity index (χ3n) is 3.11. The van der Waals surface area contributed by atoms with E-state index in [-0.39, 0.29) is 11.7 Å². The number of carbonyl (C=O) groups is 1. The van der Waals surface area contributed by atoms with Gasteiger partial charge in [0.2, 0.25) is 5.91 Å². The van der Waals surface area contributed by atoms with Gasteiger partial charge in [0.05, 0.1) is 6.54 Å². The van der Waals surface area contributed by atoms with Crippen molar-refractivity contribution in [3.63, 3.8) is 0 Å². The van der Waals surface area contributed by atoms with Crippen LogP contribution >= 0.6 is 0 Å².